The first-order chi connectivity index (χ1) is 9.28. The van der Waals surface area contributed by atoms with Gasteiger partial charge in [-0.1, -0.05) is 13.0 Å². The van der Waals surface area contributed by atoms with Crippen LogP contribution < -0.4 is 5.32 Å². The fourth-order valence-corrected chi connectivity index (χ4v) is 2.76. The normalized spacial score (nSPS) is 22.0. The lowest BCUT2D eigenvalue weighted by Crippen LogP contribution is -2.39. The van der Waals surface area contributed by atoms with Gasteiger partial charge in [-0.3, -0.25) is 4.98 Å². The quantitative estimate of drug-likeness (QED) is 0.892. The van der Waals surface area contributed by atoms with Crippen LogP contribution in [0.25, 0.3) is 0 Å². The summed E-state index contributed by atoms with van der Waals surface area (Å²) in [5.41, 5.74) is 3.43. The number of halogens is 1. The predicted octanol–water partition coefficient (Wildman–Crippen LogP) is 3.23. The first kappa shape index (κ1) is 12.3. The second-order valence-corrected chi connectivity index (χ2v) is 5.03. The zero-order chi connectivity index (χ0) is 13.2. The summed E-state index contributed by atoms with van der Waals surface area (Å²) in [4.78, 5) is 4.05. The molecule has 1 aromatic heterocycles. The van der Waals surface area contributed by atoms with Crippen molar-refractivity contribution in [3.05, 3.63) is 65.2 Å². The second kappa shape index (κ2) is 5.10. The number of nitrogens with one attached hydrogen (secondary N) is 1. The molecular weight excluding hydrogens is 239 g/mol. The minimum atomic E-state index is -0.172. The lowest BCUT2D eigenvalue weighted by atomic mass is 9.86. The number of rotatable bonds is 2. The molecule has 98 valence electrons. The van der Waals surface area contributed by atoms with E-state index in [4.69, 9.17) is 0 Å². The molecule has 0 fully saturated rings. The Bertz CT molecular complexity index is 568. The van der Waals surface area contributed by atoms with Crippen LogP contribution in [-0.4, -0.2) is 11.0 Å². The minimum absolute atomic E-state index is 0.0624. The Morgan fingerprint density at radius 2 is 2.05 bits per heavy atom. The average Bonchev–Trinajstić information content (AvgIpc) is 2.47. The summed E-state index contributed by atoms with van der Waals surface area (Å²) in [6.07, 6.45) is 5.60. The van der Waals surface area contributed by atoms with Crippen LogP contribution in [0.15, 0.2) is 42.7 Å². The minimum Gasteiger partial charge on any atom is -0.303 e. The van der Waals surface area contributed by atoms with E-state index in [2.05, 4.69) is 17.2 Å². The maximum Gasteiger partial charge on any atom is 0.123 e. The molecule has 0 saturated heterocycles. The van der Waals surface area contributed by atoms with Gasteiger partial charge in [0.05, 0.1) is 6.04 Å². The molecular formula is C16H17FN2. The van der Waals surface area contributed by atoms with Gasteiger partial charge in [-0.05, 0) is 53.8 Å². The Kier molecular flexibility index (Phi) is 3.30. The molecule has 3 rings (SSSR count). The van der Waals surface area contributed by atoms with Gasteiger partial charge >= 0.3 is 0 Å². The van der Waals surface area contributed by atoms with Gasteiger partial charge in [0.15, 0.2) is 0 Å². The summed E-state index contributed by atoms with van der Waals surface area (Å²) < 4.78 is 13.5. The van der Waals surface area contributed by atoms with Crippen molar-refractivity contribution in [2.45, 2.75) is 31.8 Å². The van der Waals surface area contributed by atoms with Gasteiger partial charge < -0.3 is 5.32 Å². The van der Waals surface area contributed by atoms with Gasteiger partial charge in [0.1, 0.15) is 5.82 Å². The largest absolute Gasteiger partial charge is 0.303 e. The Hall–Kier alpha value is -1.74. The molecule has 1 aromatic carbocycles. The number of hydrogen-bond acceptors (Lipinski definition) is 2. The van der Waals surface area contributed by atoms with Gasteiger partial charge in [-0.2, -0.15) is 0 Å². The molecule has 1 aliphatic rings. The molecule has 0 bridgehead atoms. The number of pyridine rings is 1. The van der Waals surface area contributed by atoms with Crippen molar-refractivity contribution in [1.29, 1.82) is 0 Å². The highest BCUT2D eigenvalue weighted by atomic mass is 19.1. The van der Waals surface area contributed by atoms with Gasteiger partial charge in [0.2, 0.25) is 0 Å². The summed E-state index contributed by atoms with van der Waals surface area (Å²) in [6.45, 7) is 2.18. The molecule has 2 heterocycles. The third-order valence-electron chi connectivity index (χ3n) is 3.82. The maximum atomic E-state index is 13.5. The van der Waals surface area contributed by atoms with Crippen molar-refractivity contribution < 1.29 is 4.39 Å². The smallest absolute Gasteiger partial charge is 0.123 e. The van der Waals surface area contributed by atoms with Crippen molar-refractivity contribution in [3.8, 4) is 0 Å². The van der Waals surface area contributed by atoms with E-state index in [-0.39, 0.29) is 11.9 Å². The number of nitrogens with zero attached hydrogens (tertiary/aromatic N) is 1. The zero-order valence-corrected chi connectivity index (χ0v) is 10.9. The summed E-state index contributed by atoms with van der Waals surface area (Å²) in [6, 6.07) is 9.61. The Morgan fingerprint density at radius 1 is 1.26 bits per heavy atom. The van der Waals surface area contributed by atoms with E-state index in [0.717, 1.165) is 24.0 Å². The molecule has 3 heteroatoms. The van der Waals surface area contributed by atoms with Crippen LogP contribution in [0, 0.1) is 5.82 Å². The summed E-state index contributed by atoms with van der Waals surface area (Å²) in [7, 11) is 0. The number of hydrogen-bond donors (Lipinski definition) is 1. The number of aromatic nitrogens is 1. The molecule has 1 N–H and O–H groups in total. The molecule has 2 unspecified atom stereocenters. The standard InChI is InChI=1S/C16H17FN2/c1-2-14-9-12-3-4-13(17)10-15(12)16(19-14)11-5-7-18-8-6-11/h3-8,10,14,16,19H,2,9H2,1H3. The van der Waals surface area contributed by atoms with Crippen LogP contribution in [-0.2, 0) is 6.42 Å². The van der Waals surface area contributed by atoms with Crippen LogP contribution in [0.4, 0.5) is 4.39 Å². The Balaban J connectivity index is 2.07. The molecule has 0 amide bonds. The monoisotopic (exact) mass is 256 g/mol. The van der Waals surface area contributed by atoms with Crippen LogP contribution in [0.5, 0.6) is 0 Å². The van der Waals surface area contributed by atoms with E-state index < -0.39 is 0 Å². The molecule has 2 nitrogen and oxygen atoms in total. The van der Waals surface area contributed by atoms with Crippen molar-refractivity contribution in [2.75, 3.05) is 0 Å². The van der Waals surface area contributed by atoms with Gasteiger partial charge in [0, 0.05) is 18.4 Å². The van der Waals surface area contributed by atoms with E-state index in [1.807, 2.05) is 18.2 Å². The van der Waals surface area contributed by atoms with Gasteiger partial charge in [0.25, 0.3) is 0 Å². The van der Waals surface area contributed by atoms with Gasteiger partial charge in [-0.25, -0.2) is 4.39 Å². The molecule has 19 heavy (non-hydrogen) atoms. The maximum absolute atomic E-state index is 13.5. The van der Waals surface area contributed by atoms with E-state index in [0.29, 0.717) is 6.04 Å². The van der Waals surface area contributed by atoms with Crippen molar-refractivity contribution >= 4 is 0 Å². The predicted molar refractivity (Wildman–Crippen MR) is 73.4 cm³/mol. The van der Waals surface area contributed by atoms with Crippen LogP contribution in [0.2, 0.25) is 0 Å². The van der Waals surface area contributed by atoms with Crippen LogP contribution in [0.3, 0.4) is 0 Å². The van der Waals surface area contributed by atoms with Gasteiger partial charge in [-0.15, -0.1) is 0 Å². The second-order valence-electron chi connectivity index (χ2n) is 5.03. The number of benzene rings is 1. The highest BCUT2D eigenvalue weighted by Crippen LogP contribution is 2.31. The average molecular weight is 256 g/mol. The van der Waals surface area contributed by atoms with E-state index in [9.17, 15) is 4.39 Å². The van der Waals surface area contributed by atoms with Crippen molar-refractivity contribution in [3.63, 3.8) is 0 Å². The fourth-order valence-electron chi connectivity index (χ4n) is 2.76. The van der Waals surface area contributed by atoms with Crippen molar-refractivity contribution in [2.24, 2.45) is 0 Å². The molecule has 0 radical (unpaired) electrons. The molecule has 2 aromatic rings. The van der Waals surface area contributed by atoms with E-state index in [1.54, 1.807) is 24.5 Å². The molecule has 0 spiro atoms. The molecule has 0 aliphatic carbocycles. The van der Waals surface area contributed by atoms with E-state index in [1.165, 1.54) is 5.56 Å². The lowest BCUT2D eigenvalue weighted by Gasteiger charge is -2.33. The summed E-state index contributed by atoms with van der Waals surface area (Å²) in [5.74, 6) is -0.172. The third kappa shape index (κ3) is 2.38. The van der Waals surface area contributed by atoms with Crippen molar-refractivity contribution in [1.82, 2.24) is 10.3 Å². The Labute approximate surface area is 112 Å². The lowest BCUT2D eigenvalue weighted by molar-refractivity contribution is 0.425. The van der Waals surface area contributed by atoms with E-state index >= 15 is 0 Å². The molecule has 1 aliphatic heterocycles. The fraction of sp³-hybridized carbons (Fsp3) is 0.312. The molecule has 0 saturated carbocycles. The summed E-state index contributed by atoms with van der Waals surface area (Å²) >= 11 is 0. The highest BCUT2D eigenvalue weighted by Gasteiger charge is 2.26. The first-order valence-corrected chi connectivity index (χ1v) is 6.72. The van der Waals surface area contributed by atoms with Crippen LogP contribution in [0.1, 0.15) is 36.1 Å². The number of fused-ring (bicyclic) bond motifs is 1. The van der Waals surface area contributed by atoms with Crippen LogP contribution >= 0.6 is 0 Å². The Morgan fingerprint density at radius 3 is 2.79 bits per heavy atom. The first-order valence-electron chi connectivity index (χ1n) is 6.72. The SMILES string of the molecule is CCC1Cc2ccc(F)cc2C(c2ccncc2)N1. The molecule has 2 atom stereocenters. The third-order valence-corrected chi connectivity index (χ3v) is 3.82. The zero-order valence-electron chi connectivity index (χ0n) is 10.9. The topological polar surface area (TPSA) is 24.9 Å². The highest BCUT2D eigenvalue weighted by molar-refractivity contribution is 5.40. The summed E-state index contributed by atoms with van der Waals surface area (Å²) in [5, 5.41) is 3.61.